The van der Waals surface area contributed by atoms with Gasteiger partial charge in [0.15, 0.2) is 11.5 Å². The zero-order valence-electron chi connectivity index (χ0n) is 17.8. The van der Waals surface area contributed by atoms with E-state index in [0.717, 1.165) is 12.1 Å². The zero-order chi connectivity index (χ0) is 23.9. The van der Waals surface area contributed by atoms with E-state index in [-0.39, 0.29) is 29.1 Å². The molecular weight excluding hydrogens is 475 g/mol. The molecule has 2 aliphatic heterocycles. The summed E-state index contributed by atoms with van der Waals surface area (Å²) in [4.78, 5) is 0.105. The van der Waals surface area contributed by atoms with Crippen molar-refractivity contribution in [3.63, 3.8) is 0 Å². The molecule has 2 aromatic carbocycles. The third-order valence-electron chi connectivity index (χ3n) is 5.78. The SMILES string of the molecule is O=S(=O)(c1ccc2c(c1)OCCO2)N1CCCC(c2nnc(-c3ccc(C(F)(F)F)cc3)o2)C1. The summed E-state index contributed by atoms with van der Waals surface area (Å²) in [7, 11) is -3.80. The van der Waals surface area contributed by atoms with Crippen LogP contribution in [-0.2, 0) is 16.2 Å². The van der Waals surface area contributed by atoms with Crippen LogP contribution in [0.5, 0.6) is 11.5 Å². The largest absolute Gasteiger partial charge is 0.486 e. The van der Waals surface area contributed by atoms with E-state index in [1.54, 1.807) is 6.07 Å². The number of halogens is 3. The van der Waals surface area contributed by atoms with Gasteiger partial charge in [0, 0.05) is 24.7 Å². The first kappa shape index (κ1) is 22.7. The van der Waals surface area contributed by atoms with Gasteiger partial charge in [-0.25, -0.2) is 8.42 Å². The summed E-state index contributed by atoms with van der Waals surface area (Å²) in [6, 6.07) is 8.95. The molecule has 12 heteroatoms. The molecule has 1 saturated heterocycles. The summed E-state index contributed by atoms with van der Waals surface area (Å²) >= 11 is 0. The Hall–Kier alpha value is -3.12. The van der Waals surface area contributed by atoms with Gasteiger partial charge in [0.1, 0.15) is 13.2 Å². The number of nitrogens with zero attached hydrogens (tertiary/aromatic N) is 3. The normalized spacial score (nSPS) is 19.2. The molecule has 0 spiro atoms. The maximum Gasteiger partial charge on any atom is 0.416 e. The van der Waals surface area contributed by atoms with Crippen molar-refractivity contribution in [1.29, 1.82) is 0 Å². The van der Waals surface area contributed by atoms with Gasteiger partial charge in [-0.05, 0) is 49.2 Å². The molecule has 0 saturated carbocycles. The van der Waals surface area contributed by atoms with Crippen molar-refractivity contribution in [3.8, 4) is 23.0 Å². The molecule has 0 bridgehead atoms. The first-order chi connectivity index (χ1) is 16.2. The predicted molar refractivity (Wildman–Crippen MR) is 113 cm³/mol. The average Bonchev–Trinajstić information content (AvgIpc) is 3.34. The Morgan fingerprint density at radius 2 is 1.71 bits per heavy atom. The Morgan fingerprint density at radius 1 is 0.971 bits per heavy atom. The van der Waals surface area contributed by atoms with E-state index in [1.807, 2.05) is 0 Å². The topological polar surface area (TPSA) is 94.8 Å². The van der Waals surface area contributed by atoms with E-state index in [1.165, 1.54) is 28.6 Å². The summed E-state index contributed by atoms with van der Waals surface area (Å²) in [6.45, 7) is 1.24. The monoisotopic (exact) mass is 495 g/mol. The lowest BCUT2D eigenvalue weighted by Gasteiger charge is -2.30. The van der Waals surface area contributed by atoms with Crippen molar-refractivity contribution >= 4 is 10.0 Å². The summed E-state index contributed by atoms with van der Waals surface area (Å²) < 4.78 is 82.9. The van der Waals surface area contributed by atoms with Gasteiger partial charge in [-0.15, -0.1) is 10.2 Å². The molecule has 180 valence electrons. The molecule has 1 atom stereocenters. The molecule has 3 heterocycles. The van der Waals surface area contributed by atoms with Crippen LogP contribution in [0, 0.1) is 0 Å². The molecule has 1 aromatic heterocycles. The predicted octanol–water partition coefficient (Wildman–Crippen LogP) is 4.09. The molecule has 0 aliphatic carbocycles. The van der Waals surface area contributed by atoms with Crippen LogP contribution in [0.1, 0.15) is 30.2 Å². The van der Waals surface area contributed by atoms with Gasteiger partial charge in [-0.1, -0.05) is 0 Å². The van der Waals surface area contributed by atoms with Crippen molar-refractivity contribution < 1.29 is 35.5 Å². The smallest absolute Gasteiger partial charge is 0.416 e. The van der Waals surface area contributed by atoms with E-state index in [9.17, 15) is 21.6 Å². The number of alkyl halides is 3. The lowest BCUT2D eigenvalue weighted by atomic mass is 10.00. The van der Waals surface area contributed by atoms with E-state index >= 15 is 0 Å². The highest BCUT2D eigenvalue weighted by Gasteiger charge is 2.34. The molecule has 3 aromatic rings. The first-order valence-electron chi connectivity index (χ1n) is 10.6. The van der Waals surface area contributed by atoms with Crippen molar-refractivity contribution in [2.45, 2.75) is 29.8 Å². The van der Waals surface area contributed by atoms with Crippen LogP contribution < -0.4 is 9.47 Å². The third-order valence-corrected chi connectivity index (χ3v) is 7.65. The highest BCUT2D eigenvalue weighted by molar-refractivity contribution is 7.89. The van der Waals surface area contributed by atoms with Gasteiger partial charge in [-0.2, -0.15) is 17.5 Å². The number of fused-ring (bicyclic) bond motifs is 1. The second kappa shape index (κ2) is 8.58. The van der Waals surface area contributed by atoms with E-state index in [4.69, 9.17) is 13.9 Å². The van der Waals surface area contributed by atoms with Gasteiger partial charge in [0.25, 0.3) is 0 Å². The third kappa shape index (κ3) is 4.34. The van der Waals surface area contributed by atoms with Crippen LogP contribution in [0.4, 0.5) is 13.2 Å². The number of rotatable bonds is 4. The summed E-state index contributed by atoms with van der Waals surface area (Å²) in [5, 5.41) is 7.99. The van der Waals surface area contributed by atoms with Crippen LogP contribution in [0.25, 0.3) is 11.5 Å². The van der Waals surface area contributed by atoms with Gasteiger partial charge in [0.2, 0.25) is 21.8 Å². The molecule has 2 aliphatic rings. The maximum atomic E-state index is 13.3. The number of sulfonamides is 1. The van der Waals surface area contributed by atoms with Crippen LogP contribution in [0.2, 0.25) is 0 Å². The molecule has 0 N–H and O–H groups in total. The van der Waals surface area contributed by atoms with Crippen molar-refractivity contribution in [2.24, 2.45) is 0 Å². The Kier molecular flexibility index (Phi) is 5.72. The molecule has 5 rings (SSSR count). The number of ether oxygens (including phenoxy) is 2. The van der Waals surface area contributed by atoms with Gasteiger partial charge >= 0.3 is 6.18 Å². The van der Waals surface area contributed by atoms with E-state index in [0.29, 0.717) is 49.7 Å². The zero-order valence-corrected chi connectivity index (χ0v) is 18.6. The van der Waals surface area contributed by atoms with Crippen molar-refractivity contribution in [3.05, 3.63) is 53.9 Å². The summed E-state index contributed by atoms with van der Waals surface area (Å²) in [5.41, 5.74) is -0.424. The molecule has 8 nitrogen and oxygen atoms in total. The molecular formula is C22H20F3N3O5S. The molecule has 0 amide bonds. The van der Waals surface area contributed by atoms with Crippen LogP contribution in [0.3, 0.4) is 0 Å². The Labute approximate surface area is 193 Å². The van der Waals surface area contributed by atoms with Gasteiger partial charge in [0.05, 0.1) is 16.4 Å². The fourth-order valence-corrected chi connectivity index (χ4v) is 5.55. The average molecular weight is 495 g/mol. The quantitative estimate of drug-likeness (QED) is 0.538. The highest BCUT2D eigenvalue weighted by Crippen LogP contribution is 2.36. The second-order valence-corrected chi connectivity index (χ2v) is 9.97. The van der Waals surface area contributed by atoms with E-state index in [2.05, 4.69) is 10.2 Å². The minimum absolute atomic E-state index is 0.0792. The van der Waals surface area contributed by atoms with Crippen molar-refractivity contribution in [2.75, 3.05) is 26.3 Å². The van der Waals surface area contributed by atoms with E-state index < -0.39 is 21.8 Å². The van der Waals surface area contributed by atoms with Crippen LogP contribution in [-0.4, -0.2) is 49.2 Å². The molecule has 1 unspecified atom stereocenters. The molecule has 0 radical (unpaired) electrons. The van der Waals surface area contributed by atoms with Crippen LogP contribution in [0.15, 0.2) is 51.8 Å². The fraction of sp³-hybridized carbons (Fsp3) is 0.364. The lowest BCUT2D eigenvalue weighted by molar-refractivity contribution is -0.137. The lowest BCUT2D eigenvalue weighted by Crippen LogP contribution is -2.39. The number of benzene rings is 2. The first-order valence-corrected chi connectivity index (χ1v) is 12.1. The Balaban J connectivity index is 1.33. The van der Waals surface area contributed by atoms with Crippen LogP contribution >= 0.6 is 0 Å². The van der Waals surface area contributed by atoms with Gasteiger partial charge < -0.3 is 13.9 Å². The minimum atomic E-state index is -4.44. The number of piperidine rings is 1. The number of aromatic nitrogens is 2. The second-order valence-electron chi connectivity index (χ2n) is 8.03. The van der Waals surface area contributed by atoms with Gasteiger partial charge in [-0.3, -0.25) is 0 Å². The Bertz CT molecular complexity index is 1290. The summed E-state index contributed by atoms with van der Waals surface area (Å²) in [6.07, 6.45) is -3.21. The Morgan fingerprint density at radius 3 is 2.44 bits per heavy atom. The minimum Gasteiger partial charge on any atom is -0.486 e. The molecule has 1 fully saturated rings. The maximum absolute atomic E-state index is 13.3. The fourth-order valence-electron chi connectivity index (χ4n) is 4.01. The summed E-state index contributed by atoms with van der Waals surface area (Å²) in [5.74, 6) is 0.881. The standard InChI is InChI=1S/C22H20F3N3O5S/c23-22(24,25)16-5-3-14(4-6-16)20-26-27-21(33-20)15-2-1-9-28(13-15)34(29,30)17-7-8-18-19(12-17)32-11-10-31-18/h3-8,12,15H,1-2,9-11,13H2. The number of hydrogen-bond donors (Lipinski definition) is 0. The molecule has 34 heavy (non-hydrogen) atoms. The number of hydrogen-bond acceptors (Lipinski definition) is 7. The van der Waals surface area contributed by atoms with Crippen molar-refractivity contribution in [1.82, 2.24) is 14.5 Å². The highest BCUT2D eigenvalue weighted by atomic mass is 32.2.